The first-order chi connectivity index (χ1) is 4.20. The fourth-order valence-corrected chi connectivity index (χ4v) is 1.34. The SMILES string of the molecule is C[N+](C)=C1N=C(N)CS1.[Cl-]. The number of hydrogen-bond acceptors (Lipinski definition) is 2. The van der Waals surface area contributed by atoms with E-state index in [4.69, 9.17) is 5.73 Å². The summed E-state index contributed by atoms with van der Waals surface area (Å²) in [6, 6.07) is 0. The van der Waals surface area contributed by atoms with Crippen LogP contribution in [0.2, 0.25) is 0 Å². The summed E-state index contributed by atoms with van der Waals surface area (Å²) in [5.41, 5.74) is 5.44. The Hall–Kier alpha value is -0.220. The van der Waals surface area contributed by atoms with Crippen LogP contribution in [0.5, 0.6) is 0 Å². The number of amidine groups is 2. The number of nitrogens with zero attached hydrogens (tertiary/aromatic N) is 2. The highest BCUT2D eigenvalue weighted by molar-refractivity contribution is 8.14. The van der Waals surface area contributed by atoms with Crippen molar-refractivity contribution in [1.82, 2.24) is 0 Å². The highest BCUT2D eigenvalue weighted by atomic mass is 35.5. The van der Waals surface area contributed by atoms with E-state index in [1.165, 1.54) is 0 Å². The molecule has 0 amide bonds. The topological polar surface area (TPSA) is 41.4 Å². The second-order valence-corrected chi connectivity index (χ2v) is 3.01. The highest BCUT2D eigenvalue weighted by Crippen LogP contribution is 2.10. The normalized spacial score (nSPS) is 16.2. The molecule has 1 rings (SSSR count). The van der Waals surface area contributed by atoms with Crippen molar-refractivity contribution in [2.75, 3.05) is 19.8 Å². The third kappa shape index (κ3) is 2.19. The summed E-state index contributed by atoms with van der Waals surface area (Å²) < 4.78 is 1.96. The van der Waals surface area contributed by atoms with Gasteiger partial charge in [-0.05, 0) is 16.8 Å². The average molecular weight is 180 g/mol. The summed E-state index contributed by atoms with van der Waals surface area (Å²) in [5, 5.41) is 1.01. The molecule has 1 aliphatic heterocycles. The van der Waals surface area contributed by atoms with Crippen LogP contribution in [-0.2, 0) is 0 Å². The molecule has 0 aromatic heterocycles. The largest absolute Gasteiger partial charge is 1.00 e. The molecule has 10 heavy (non-hydrogen) atoms. The molecular weight excluding hydrogens is 170 g/mol. The fourth-order valence-electron chi connectivity index (χ4n) is 0.555. The summed E-state index contributed by atoms with van der Waals surface area (Å²) in [4.78, 5) is 4.09. The summed E-state index contributed by atoms with van der Waals surface area (Å²) in [5.74, 6) is 1.57. The van der Waals surface area contributed by atoms with Crippen LogP contribution < -0.4 is 18.1 Å². The number of rotatable bonds is 0. The van der Waals surface area contributed by atoms with Gasteiger partial charge >= 0.3 is 5.17 Å². The molecule has 0 radical (unpaired) electrons. The van der Waals surface area contributed by atoms with E-state index in [1.54, 1.807) is 11.8 Å². The van der Waals surface area contributed by atoms with Gasteiger partial charge in [0.2, 0.25) is 5.84 Å². The zero-order valence-corrected chi connectivity index (χ0v) is 7.54. The Kier molecular flexibility index (Phi) is 3.75. The Bertz CT molecular complexity index is 183. The van der Waals surface area contributed by atoms with Gasteiger partial charge < -0.3 is 18.1 Å². The molecule has 0 saturated heterocycles. The van der Waals surface area contributed by atoms with Crippen molar-refractivity contribution in [3.05, 3.63) is 0 Å². The first-order valence-electron chi connectivity index (χ1n) is 2.70. The molecule has 2 N–H and O–H groups in total. The van der Waals surface area contributed by atoms with E-state index in [0.29, 0.717) is 0 Å². The number of hydrogen-bond donors (Lipinski definition) is 1. The van der Waals surface area contributed by atoms with Gasteiger partial charge in [0.1, 0.15) is 0 Å². The summed E-state index contributed by atoms with van der Waals surface area (Å²) in [6.07, 6.45) is 0. The molecule has 0 aromatic carbocycles. The molecule has 0 fully saturated rings. The lowest BCUT2D eigenvalue weighted by molar-refractivity contribution is -0.462. The molecule has 0 unspecified atom stereocenters. The van der Waals surface area contributed by atoms with Gasteiger partial charge in [0.25, 0.3) is 0 Å². The van der Waals surface area contributed by atoms with Crippen molar-refractivity contribution >= 4 is 22.8 Å². The van der Waals surface area contributed by atoms with Gasteiger partial charge in [-0.15, -0.1) is 0 Å². The van der Waals surface area contributed by atoms with Gasteiger partial charge in [-0.2, -0.15) is 0 Å². The third-order valence-corrected chi connectivity index (χ3v) is 2.13. The van der Waals surface area contributed by atoms with Gasteiger partial charge in [-0.3, -0.25) is 4.58 Å². The van der Waals surface area contributed by atoms with Crippen LogP contribution in [0.25, 0.3) is 0 Å². The monoisotopic (exact) mass is 179 g/mol. The second-order valence-electron chi connectivity index (χ2n) is 2.07. The Morgan fingerprint density at radius 2 is 2.20 bits per heavy atom. The van der Waals surface area contributed by atoms with Crippen LogP contribution in [0.15, 0.2) is 4.99 Å². The van der Waals surface area contributed by atoms with Crippen molar-refractivity contribution in [1.29, 1.82) is 0 Å². The van der Waals surface area contributed by atoms with Crippen LogP contribution in [0.1, 0.15) is 0 Å². The van der Waals surface area contributed by atoms with Crippen LogP contribution >= 0.6 is 11.8 Å². The molecule has 0 aromatic rings. The van der Waals surface area contributed by atoms with E-state index in [-0.39, 0.29) is 12.4 Å². The molecule has 58 valence electrons. The molecule has 3 nitrogen and oxygen atoms in total. The van der Waals surface area contributed by atoms with E-state index in [2.05, 4.69) is 4.99 Å². The van der Waals surface area contributed by atoms with E-state index in [0.717, 1.165) is 16.8 Å². The molecule has 0 aliphatic carbocycles. The molecule has 1 aliphatic rings. The summed E-state index contributed by atoms with van der Waals surface area (Å²) in [6.45, 7) is 0. The summed E-state index contributed by atoms with van der Waals surface area (Å²) >= 11 is 1.67. The van der Waals surface area contributed by atoms with Crippen LogP contribution in [-0.4, -0.2) is 35.4 Å². The lowest BCUT2D eigenvalue weighted by Gasteiger charge is -1.85. The van der Waals surface area contributed by atoms with Crippen LogP contribution in [0.3, 0.4) is 0 Å². The standard InChI is InChI=1S/C5H9N3S.ClH/c1-8(2)5-7-4(6)3-9-5;/h6H,3H2,1-2H3;1H. The number of halogens is 1. The smallest absolute Gasteiger partial charge is 0.356 e. The van der Waals surface area contributed by atoms with Gasteiger partial charge in [0.15, 0.2) is 0 Å². The number of aliphatic imine (C=N–C) groups is 1. The predicted octanol–water partition coefficient (Wildman–Crippen LogP) is -3.28. The first kappa shape index (κ1) is 9.78. The van der Waals surface area contributed by atoms with Gasteiger partial charge in [0.05, 0.1) is 19.8 Å². The van der Waals surface area contributed by atoms with Gasteiger partial charge in [-0.25, -0.2) is 0 Å². The van der Waals surface area contributed by atoms with E-state index in [1.807, 2.05) is 18.7 Å². The quantitative estimate of drug-likeness (QED) is 0.397. The summed E-state index contributed by atoms with van der Waals surface area (Å²) in [7, 11) is 3.93. The minimum atomic E-state index is 0. The van der Waals surface area contributed by atoms with Gasteiger partial charge in [-0.1, -0.05) is 0 Å². The molecule has 0 spiro atoms. The molecule has 1 heterocycles. The van der Waals surface area contributed by atoms with E-state index < -0.39 is 0 Å². The predicted molar refractivity (Wildman–Crippen MR) is 41.2 cm³/mol. The number of nitrogens with two attached hydrogens (primary N) is 1. The Morgan fingerprint density at radius 1 is 1.60 bits per heavy atom. The molecule has 0 bridgehead atoms. The Balaban J connectivity index is 0.000000810. The second kappa shape index (κ2) is 3.83. The first-order valence-corrected chi connectivity index (χ1v) is 3.69. The van der Waals surface area contributed by atoms with Crippen LogP contribution in [0.4, 0.5) is 0 Å². The lowest BCUT2D eigenvalue weighted by Crippen LogP contribution is -3.00. The molecule has 0 atom stereocenters. The molecule has 0 saturated carbocycles. The van der Waals surface area contributed by atoms with E-state index in [9.17, 15) is 0 Å². The Morgan fingerprint density at radius 3 is 2.40 bits per heavy atom. The van der Waals surface area contributed by atoms with Crippen molar-refractivity contribution in [2.24, 2.45) is 10.7 Å². The maximum Gasteiger partial charge on any atom is 0.356 e. The van der Waals surface area contributed by atoms with Crippen molar-refractivity contribution in [3.63, 3.8) is 0 Å². The molecule has 5 heteroatoms. The fraction of sp³-hybridized carbons (Fsp3) is 0.600. The van der Waals surface area contributed by atoms with Crippen molar-refractivity contribution < 1.29 is 17.0 Å². The lowest BCUT2D eigenvalue weighted by atomic mass is 10.7. The van der Waals surface area contributed by atoms with Gasteiger partial charge in [0, 0.05) is 0 Å². The third-order valence-electron chi connectivity index (χ3n) is 0.971. The molecular formula is C5H10ClN3S. The van der Waals surface area contributed by atoms with Crippen LogP contribution in [0, 0.1) is 0 Å². The Labute approximate surface area is 70.8 Å². The minimum absolute atomic E-state index is 0. The zero-order chi connectivity index (χ0) is 6.85. The highest BCUT2D eigenvalue weighted by Gasteiger charge is 2.19. The zero-order valence-electron chi connectivity index (χ0n) is 5.97. The maximum atomic E-state index is 5.44. The minimum Gasteiger partial charge on any atom is -1.00 e. The number of thioether (sulfide) groups is 1. The van der Waals surface area contributed by atoms with Crippen molar-refractivity contribution in [2.45, 2.75) is 0 Å². The maximum absolute atomic E-state index is 5.44. The van der Waals surface area contributed by atoms with Crippen molar-refractivity contribution in [3.8, 4) is 0 Å². The van der Waals surface area contributed by atoms with E-state index >= 15 is 0 Å². The average Bonchev–Trinajstić information content (AvgIpc) is 2.14.